The molecule has 2 heterocycles. The molecule has 24 heavy (non-hydrogen) atoms. The first kappa shape index (κ1) is 18.4. The lowest BCUT2D eigenvalue weighted by molar-refractivity contribution is -0.145. The highest BCUT2D eigenvalue weighted by atomic mass is 32.1. The van der Waals surface area contributed by atoms with E-state index in [0.717, 1.165) is 11.4 Å². The van der Waals surface area contributed by atoms with Crippen LogP contribution in [-0.2, 0) is 22.6 Å². The van der Waals surface area contributed by atoms with Crippen molar-refractivity contribution in [3.63, 3.8) is 0 Å². The van der Waals surface area contributed by atoms with Crippen molar-refractivity contribution in [3.05, 3.63) is 60.2 Å². The summed E-state index contributed by atoms with van der Waals surface area (Å²) in [6.45, 7) is 2.12. The minimum absolute atomic E-state index is 0.264. The number of carbonyl (C=O) groups is 1. The average molecular weight is 346 g/mol. The van der Waals surface area contributed by atoms with Crippen molar-refractivity contribution in [2.24, 2.45) is 5.73 Å². The summed E-state index contributed by atoms with van der Waals surface area (Å²) >= 11 is 4.00. The normalized spacial score (nSPS) is 12.1. The van der Waals surface area contributed by atoms with Crippen molar-refractivity contribution >= 4 is 18.6 Å². The average Bonchev–Trinajstić information content (AvgIpc) is 2.62. The predicted molar refractivity (Wildman–Crippen MR) is 95.4 cm³/mol. The van der Waals surface area contributed by atoms with Crippen LogP contribution in [-0.4, -0.2) is 45.8 Å². The smallest absolute Gasteiger partial charge is 0.323 e. The Morgan fingerprint density at radius 2 is 1.71 bits per heavy atom. The monoisotopic (exact) mass is 346 g/mol. The fourth-order valence-electron chi connectivity index (χ4n) is 2.11. The highest BCUT2D eigenvalue weighted by Crippen LogP contribution is 2.06. The standard InChI is InChI=1S/C17H22N4O2S/c18-16(13-24)17(22)23-10-9-21(11-14-5-1-3-7-19-14)12-15-6-2-4-8-20-15/h1-8,16,24H,9-13,18H2/t16-/m0/s1. The number of rotatable bonds is 9. The molecule has 2 aromatic heterocycles. The van der Waals surface area contributed by atoms with E-state index < -0.39 is 12.0 Å². The van der Waals surface area contributed by atoms with E-state index in [1.165, 1.54) is 0 Å². The summed E-state index contributed by atoms with van der Waals surface area (Å²) < 4.78 is 5.21. The second kappa shape index (κ2) is 10.0. The van der Waals surface area contributed by atoms with Gasteiger partial charge in [-0.25, -0.2) is 0 Å². The van der Waals surface area contributed by atoms with Gasteiger partial charge in [-0.05, 0) is 24.3 Å². The van der Waals surface area contributed by atoms with Gasteiger partial charge < -0.3 is 10.5 Å². The van der Waals surface area contributed by atoms with Crippen LogP contribution in [0.5, 0.6) is 0 Å². The number of aromatic nitrogens is 2. The second-order valence-electron chi connectivity index (χ2n) is 5.31. The molecule has 2 N–H and O–H groups in total. The molecule has 0 bridgehead atoms. The predicted octanol–water partition coefficient (Wildman–Crippen LogP) is 1.28. The van der Waals surface area contributed by atoms with Gasteiger partial charge in [-0.2, -0.15) is 12.6 Å². The van der Waals surface area contributed by atoms with Gasteiger partial charge in [-0.1, -0.05) is 12.1 Å². The van der Waals surface area contributed by atoms with Crippen LogP contribution in [0.3, 0.4) is 0 Å². The number of thiol groups is 1. The van der Waals surface area contributed by atoms with Crippen LogP contribution in [0.25, 0.3) is 0 Å². The lowest BCUT2D eigenvalue weighted by atomic mass is 10.3. The van der Waals surface area contributed by atoms with Gasteiger partial charge in [-0.15, -0.1) is 0 Å². The summed E-state index contributed by atoms with van der Waals surface area (Å²) in [5, 5.41) is 0. The summed E-state index contributed by atoms with van der Waals surface area (Å²) in [6.07, 6.45) is 3.53. The SMILES string of the molecule is N[C@@H](CS)C(=O)OCCN(Cc1ccccn1)Cc1ccccn1. The number of hydrogen-bond acceptors (Lipinski definition) is 7. The number of nitrogens with zero attached hydrogens (tertiary/aromatic N) is 3. The Labute approximate surface area is 147 Å². The first-order chi connectivity index (χ1) is 11.7. The summed E-state index contributed by atoms with van der Waals surface area (Å²) in [5.74, 6) is -0.162. The number of hydrogen-bond donors (Lipinski definition) is 2. The maximum atomic E-state index is 11.6. The topological polar surface area (TPSA) is 81.3 Å². The van der Waals surface area contributed by atoms with Gasteiger partial charge in [-0.3, -0.25) is 19.7 Å². The molecule has 0 aromatic carbocycles. The Hall–Kier alpha value is -1.96. The Kier molecular flexibility index (Phi) is 7.67. The summed E-state index contributed by atoms with van der Waals surface area (Å²) in [6, 6.07) is 10.9. The Morgan fingerprint density at radius 3 is 2.17 bits per heavy atom. The van der Waals surface area contributed by atoms with Gasteiger partial charge in [0.2, 0.25) is 0 Å². The van der Waals surface area contributed by atoms with Crippen molar-refractivity contribution in [3.8, 4) is 0 Å². The van der Waals surface area contributed by atoms with Crippen molar-refractivity contribution < 1.29 is 9.53 Å². The molecule has 0 saturated carbocycles. The van der Waals surface area contributed by atoms with Crippen LogP contribution >= 0.6 is 12.6 Å². The molecule has 0 aliphatic heterocycles. The van der Waals surface area contributed by atoms with E-state index in [0.29, 0.717) is 19.6 Å². The first-order valence-electron chi connectivity index (χ1n) is 7.74. The first-order valence-corrected chi connectivity index (χ1v) is 8.37. The number of pyridine rings is 2. The molecule has 0 saturated heterocycles. The minimum Gasteiger partial charge on any atom is -0.463 e. The van der Waals surface area contributed by atoms with E-state index in [2.05, 4.69) is 27.5 Å². The molecule has 7 heteroatoms. The van der Waals surface area contributed by atoms with Crippen molar-refractivity contribution in [1.82, 2.24) is 14.9 Å². The highest BCUT2D eigenvalue weighted by Gasteiger charge is 2.14. The Morgan fingerprint density at radius 1 is 1.12 bits per heavy atom. The third kappa shape index (κ3) is 6.27. The van der Waals surface area contributed by atoms with E-state index >= 15 is 0 Å². The van der Waals surface area contributed by atoms with E-state index in [9.17, 15) is 4.79 Å². The van der Waals surface area contributed by atoms with Gasteiger partial charge in [0.05, 0.1) is 11.4 Å². The molecular formula is C17H22N4O2S. The van der Waals surface area contributed by atoms with Crippen LogP contribution < -0.4 is 5.73 Å². The maximum absolute atomic E-state index is 11.6. The summed E-state index contributed by atoms with van der Waals surface area (Å²) in [7, 11) is 0. The molecular weight excluding hydrogens is 324 g/mol. The molecule has 0 amide bonds. The van der Waals surface area contributed by atoms with Gasteiger partial charge >= 0.3 is 5.97 Å². The highest BCUT2D eigenvalue weighted by molar-refractivity contribution is 7.80. The Bertz CT molecular complexity index is 571. The summed E-state index contributed by atoms with van der Waals surface area (Å²) in [5.41, 5.74) is 7.50. The van der Waals surface area contributed by atoms with Crippen LogP contribution in [0.15, 0.2) is 48.8 Å². The van der Waals surface area contributed by atoms with Gasteiger partial charge in [0.1, 0.15) is 12.6 Å². The zero-order chi connectivity index (χ0) is 17.2. The summed E-state index contributed by atoms with van der Waals surface area (Å²) in [4.78, 5) is 22.5. The molecule has 0 spiro atoms. The van der Waals surface area contributed by atoms with Crippen LogP contribution in [0.1, 0.15) is 11.4 Å². The Balaban J connectivity index is 1.93. The molecule has 6 nitrogen and oxygen atoms in total. The zero-order valence-corrected chi connectivity index (χ0v) is 14.3. The molecule has 0 aliphatic carbocycles. The lowest BCUT2D eigenvalue weighted by Gasteiger charge is -2.21. The van der Waals surface area contributed by atoms with Crippen LogP contribution in [0.4, 0.5) is 0 Å². The fourth-order valence-corrected chi connectivity index (χ4v) is 2.26. The molecule has 1 atom stereocenters. The maximum Gasteiger partial charge on any atom is 0.323 e. The molecule has 0 radical (unpaired) electrons. The largest absolute Gasteiger partial charge is 0.463 e. The van der Waals surface area contributed by atoms with Gasteiger partial charge in [0.15, 0.2) is 0 Å². The lowest BCUT2D eigenvalue weighted by Crippen LogP contribution is -2.36. The quantitative estimate of drug-likeness (QED) is 0.526. The molecule has 2 rings (SSSR count). The van der Waals surface area contributed by atoms with Gasteiger partial charge in [0, 0.05) is 37.8 Å². The van der Waals surface area contributed by atoms with Crippen molar-refractivity contribution in [2.45, 2.75) is 19.1 Å². The number of carbonyl (C=O) groups excluding carboxylic acids is 1. The van der Waals surface area contributed by atoms with Crippen LogP contribution in [0, 0.1) is 0 Å². The van der Waals surface area contributed by atoms with E-state index in [1.54, 1.807) is 12.4 Å². The third-order valence-electron chi connectivity index (χ3n) is 3.37. The van der Waals surface area contributed by atoms with Crippen molar-refractivity contribution in [2.75, 3.05) is 18.9 Å². The number of ether oxygens (including phenoxy) is 1. The second-order valence-corrected chi connectivity index (χ2v) is 5.67. The van der Waals surface area contributed by atoms with Crippen LogP contribution in [0.2, 0.25) is 0 Å². The van der Waals surface area contributed by atoms with E-state index in [4.69, 9.17) is 10.5 Å². The zero-order valence-electron chi connectivity index (χ0n) is 13.4. The number of esters is 1. The molecule has 0 unspecified atom stereocenters. The van der Waals surface area contributed by atoms with Crippen molar-refractivity contribution in [1.29, 1.82) is 0 Å². The number of nitrogens with two attached hydrogens (primary N) is 1. The van der Waals surface area contributed by atoms with E-state index in [1.807, 2.05) is 36.4 Å². The molecule has 0 aliphatic rings. The van der Waals surface area contributed by atoms with Gasteiger partial charge in [0.25, 0.3) is 0 Å². The molecule has 128 valence electrons. The third-order valence-corrected chi connectivity index (χ3v) is 3.77. The molecule has 0 fully saturated rings. The van der Waals surface area contributed by atoms with E-state index in [-0.39, 0.29) is 12.4 Å². The minimum atomic E-state index is -0.687. The fraction of sp³-hybridized carbons (Fsp3) is 0.353. The molecule has 2 aromatic rings.